The van der Waals surface area contributed by atoms with Gasteiger partial charge in [-0.15, -0.1) is 0 Å². The highest BCUT2D eigenvalue weighted by Crippen LogP contribution is 2.12. The molecule has 2 rings (SSSR count). The van der Waals surface area contributed by atoms with Crippen LogP contribution in [0.4, 0.5) is 0 Å². The molecule has 0 aromatic carbocycles. The molecule has 1 unspecified atom stereocenters. The number of rotatable bonds is 7. The predicted molar refractivity (Wildman–Crippen MR) is 87.3 cm³/mol. The molecule has 0 aliphatic carbocycles. The zero-order chi connectivity index (χ0) is 15.1. The van der Waals surface area contributed by atoms with Gasteiger partial charge in [-0.25, -0.2) is 4.98 Å². The Labute approximate surface area is 129 Å². The fraction of sp³-hybridized carbons (Fsp3) is 0.812. The summed E-state index contributed by atoms with van der Waals surface area (Å²) in [6.45, 7) is 12.1. The molecule has 0 amide bonds. The number of imidazole rings is 1. The third-order valence-electron chi connectivity index (χ3n) is 4.69. The van der Waals surface area contributed by atoms with Crippen LogP contribution in [0.25, 0.3) is 0 Å². The Morgan fingerprint density at radius 3 is 2.76 bits per heavy atom. The van der Waals surface area contributed by atoms with E-state index >= 15 is 0 Å². The van der Waals surface area contributed by atoms with Crippen molar-refractivity contribution in [2.24, 2.45) is 5.73 Å². The van der Waals surface area contributed by atoms with Gasteiger partial charge in [-0.3, -0.25) is 4.90 Å². The van der Waals surface area contributed by atoms with E-state index < -0.39 is 0 Å². The van der Waals surface area contributed by atoms with Crippen molar-refractivity contribution in [3.63, 3.8) is 0 Å². The number of aromatic nitrogens is 2. The van der Waals surface area contributed by atoms with Gasteiger partial charge in [0.1, 0.15) is 5.82 Å². The number of hydrogen-bond acceptors (Lipinski definition) is 4. The summed E-state index contributed by atoms with van der Waals surface area (Å²) in [4.78, 5) is 9.53. The van der Waals surface area contributed by atoms with Gasteiger partial charge < -0.3 is 15.2 Å². The Morgan fingerprint density at radius 2 is 2.10 bits per heavy atom. The summed E-state index contributed by atoms with van der Waals surface area (Å²) in [7, 11) is 0. The minimum atomic E-state index is 0.672. The van der Waals surface area contributed by atoms with Crippen LogP contribution in [0.2, 0.25) is 0 Å². The van der Waals surface area contributed by atoms with Crippen molar-refractivity contribution in [1.82, 2.24) is 19.4 Å². The predicted octanol–water partition coefficient (Wildman–Crippen LogP) is 1.33. The molecule has 1 aliphatic rings. The molecule has 5 heteroatoms. The molecule has 5 nitrogen and oxygen atoms in total. The number of hydrogen-bond donors (Lipinski definition) is 1. The SMILES string of the molecule is CCC(CCN)N1CCCN(CCn2ccnc2C)CC1. The maximum atomic E-state index is 5.75. The molecule has 0 saturated carbocycles. The lowest BCUT2D eigenvalue weighted by Crippen LogP contribution is -2.39. The number of nitrogens with two attached hydrogens (primary N) is 1. The van der Waals surface area contributed by atoms with Crippen molar-refractivity contribution >= 4 is 0 Å². The minimum absolute atomic E-state index is 0.672. The van der Waals surface area contributed by atoms with E-state index in [2.05, 4.69) is 39.4 Å². The van der Waals surface area contributed by atoms with Crippen molar-refractivity contribution in [3.8, 4) is 0 Å². The molecular weight excluding hydrogens is 262 g/mol. The molecule has 2 heterocycles. The largest absolute Gasteiger partial charge is 0.334 e. The second-order valence-corrected chi connectivity index (χ2v) is 6.04. The smallest absolute Gasteiger partial charge is 0.105 e. The highest BCUT2D eigenvalue weighted by Gasteiger charge is 2.20. The first-order valence-electron chi connectivity index (χ1n) is 8.38. The van der Waals surface area contributed by atoms with Crippen LogP contribution < -0.4 is 5.73 Å². The van der Waals surface area contributed by atoms with Gasteiger partial charge in [0.2, 0.25) is 0 Å². The monoisotopic (exact) mass is 293 g/mol. The summed E-state index contributed by atoms with van der Waals surface area (Å²) in [5.74, 6) is 1.11. The molecule has 1 aliphatic heterocycles. The third kappa shape index (κ3) is 4.80. The third-order valence-corrected chi connectivity index (χ3v) is 4.69. The second-order valence-electron chi connectivity index (χ2n) is 6.04. The maximum Gasteiger partial charge on any atom is 0.105 e. The van der Waals surface area contributed by atoms with Crippen LogP contribution >= 0.6 is 0 Å². The van der Waals surface area contributed by atoms with Gasteiger partial charge >= 0.3 is 0 Å². The van der Waals surface area contributed by atoms with Gasteiger partial charge in [-0.05, 0) is 45.8 Å². The Hall–Kier alpha value is -0.910. The van der Waals surface area contributed by atoms with Crippen LogP contribution in [0.3, 0.4) is 0 Å². The number of aryl methyl sites for hydroxylation is 1. The Bertz CT molecular complexity index is 403. The normalized spacial score (nSPS) is 19.6. The van der Waals surface area contributed by atoms with E-state index in [0.29, 0.717) is 6.04 Å². The van der Waals surface area contributed by atoms with Gasteiger partial charge in [0.05, 0.1) is 0 Å². The lowest BCUT2D eigenvalue weighted by atomic mass is 10.1. The summed E-state index contributed by atoms with van der Waals surface area (Å²) < 4.78 is 2.24. The van der Waals surface area contributed by atoms with E-state index in [4.69, 9.17) is 5.73 Å². The van der Waals surface area contributed by atoms with Crippen LogP contribution in [0.15, 0.2) is 12.4 Å². The summed E-state index contributed by atoms with van der Waals surface area (Å²) in [5, 5.41) is 0. The zero-order valence-corrected chi connectivity index (χ0v) is 13.7. The fourth-order valence-electron chi connectivity index (χ4n) is 3.31. The van der Waals surface area contributed by atoms with E-state index in [0.717, 1.165) is 31.9 Å². The molecule has 1 aromatic rings. The molecule has 1 saturated heterocycles. The summed E-state index contributed by atoms with van der Waals surface area (Å²) in [6.07, 6.45) is 7.58. The van der Waals surface area contributed by atoms with E-state index in [-0.39, 0.29) is 0 Å². The van der Waals surface area contributed by atoms with Crippen LogP contribution in [0.1, 0.15) is 32.0 Å². The first kappa shape index (κ1) is 16.5. The topological polar surface area (TPSA) is 50.3 Å². The van der Waals surface area contributed by atoms with Crippen molar-refractivity contribution < 1.29 is 0 Å². The summed E-state index contributed by atoms with van der Waals surface area (Å²) in [5.41, 5.74) is 5.75. The summed E-state index contributed by atoms with van der Waals surface area (Å²) >= 11 is 0. The molecule has 0 radical (unpaired) electrons. The first-order valence-corrected chi connectivity index (χ1v) is 8.38. The maximum absolute atomic E-state index is 5.75. The lowest BCUT2D eigenvalue weighted by Gasteiger charge is -2.29. The molecule has 120 valence electrons. The lowest BCUT2D eigenvalue weighted by molar-refractivity contribution is 0.184. The molecule has 0 spiro atoms. The van der Waals surface area contributed by atoms with Crippen LogP contribution in [0.5, 0.6) is 0 Å². The average Bonchev–Trinajstić information content (AvgIpc) is 2.75. The van der Waals surface area contributed by atoms with Crippen molar-refractivity contribution in [2.45, 2.75) is 45.7 Å². The molecule has 1 fully saturated rings. The van der Waals surface area contributed by atoms with Gasteiger partial charge in [0.15, 0.2) is 0 Å². The first-order chi connectivity index (χ1) is 10.2. The van der Waals surface area contributed by atoms with Crippen molar-refractivity contribution in [2.75, 3.05) is 39.3 Å². The molecule has 2 N–H and O–H groups in total. The van der Waals surface area contributed by atoms with Crippen LogP contribution in [-0.2, 0) is 6.54 Å². The van der Waals surface area contributed by atoms with E-state index in [1.54, 1.807) is 0 Å². The zero-order valence-electron chi connectivity index (χ0n) is 13.7. The summed E-state index contributed by atoms with van der Waals surface area (Å²) in [6, 6.07) is 0.672. The van der Waals surface area contributed by atoms with E-state index in [1.165, 1.54) is 39.0 Å². The second kappa shape index (κ2) is 8.51. The molecule has 1 atom stereocenters. The standard InChI is InChI=1S/C16H31N5/c1-3-16(5-6-17)21-9-4-8-19(12-14-21)11-13-20-10-7-18-15(20)2/h7,10,16H,3-6,8-9,11-14,17H2,1-2H3. The van der Waals surface area contributed by atoms with Gasteiger partial charge in [0, 0.05) is 44.6 Å². The molecule has 1 aromatic heterocycles. The average molecular weight is 293 g/mol. The van der Waals surface area contributed by atoms with Crippen LogP contribution in [0, 0.1) is 6.92 Å². The quantitative estimate of drug-likeness (QED) is 0.824. The Morgan fingerprint density at radius 1 is 1.24 bits per heavy atom. The van der Waals surface area contributed by atoms with E-state index in [1.807, 2.05) is 6.20 Å². The van der Waals surface area contributed by atoms with Crippen molar-refractivity contribution in [3.05, 3.63) is 18.2 Å². The minimum Gasteiger partial charge on any atom is -0.334 e. The van der Waals surface area contributed by atoms with Gasteiger partial charge in [0.25, 0.3) is 0 Å². The number of nitrogens with zero attached hydrogens (tertiary/aromatic N) is 4. The highest BCUT2D eigenvalue weighted by molar-refractivity contribution is 4.88. The van der Waals surface area contributed by atoms with E-state index in [9.17, 15) is 0 Å². The van der Waals surface area contributed by atoms with Gasteiger partial charge in [-0.2, -0.15) is 0 Å². The highest BCUT2D eigenvalue weighted by atomic mass is 15.2. The molecule has 21 heavy (non-hydrogen) atoms. The Kier molecular flexibility index (Phi) is 6.67. The molecule has 0 bridgehead atoms. The molecular formula is C16H31N5. The van der Waals surface area contributed by atoms with Crippen LogP contribution in [-0.4, -0.2) is 64.7 Å². The van der Waals surface area contributed by atoms with Crippen molar-refractivity contribution in [1.29, 1.82) is 0 Å². The fourth-order valence-corrected chi connectivity index (χ4v) is 3.31. The van der Waals surface area contributed by atoms with Gasteiger partial charge in [-0.1, -0.05) is 6.92 Å². The Balaban J connectivity index is 1.79.